The summed E-state index contributed by atoms with van der Waals surface area (Å²) in [6.45, 7) is 5.62. The van der Waals surface area contributed by atoms with Gasteiger partial charge in [-0.25, -0.2) is 4.98 Å². The van der Waals surface area contributed by atoms with Gasteiger partial charge in [0, 0.05) is 29.2 Å². The molecule has 0 amide bonds. The van der Waals surface area contributed by atoms with Gasteiger partial charge < -0.3 is 5.32 Å². The van der Waals surface area contributed by atoms with Crippen molar-refractivity contribution in [3.63, 3.8) is 0 Å². The maximum atomic E-state index is 6.16. The molecule has 0 unspecified atom stereocenters. The number of halogens is 1. The summed E-state index contributed by atoms with van der Waals surface area (Å²) >= 11 is 7.85. The zero-order valence-electron chi connectivity index (χ0n) is 9.96. The van der Waals surface area contributed by atoms with Crippen molar-refractivity contribution in [2.75, 3.05) is 0 Å². The molecule has 1 aromatic carbocycles. The first-order valence-corrected chi connectivity index (χ1v) is 6.77. The molecule has 0 saturated heterocycles. The first-order chi connectivity index (χ1) is 8.15. The molecule has 0 atom stereocenters. The average molecular weight is 267 g/mol. The quantitative estimate of drug-likeness (QED) is 0.913. The van der Waals surface area contributed by atoms with E-state index >= 15 is 0 Å². The van der Waals surface area contributed by atoms with Crippen LogP contribution in [0.4, 0.5) is 0 Å². The van der Waals surface area contributed by atoms with Crippen molar-refractivity contribution in [2.45, 2.75) is 26.9 Å². The summed E-state index contributed by atoms with van der Waals surface area (Å²) < 4.78 is 0. The van der Waals surface area contributed by atoms with Gasteiger partial charge >= 0.3 is 0 Å². The van der Waals surface area contributed by atoms with Gasteiger partial charge in [0.15, 0.2) is 0 Å². The minimum Gasteiger partial charge on any atom is -0.306 e. The van der Waals surface area contributed by atoms with Gasteiger partial charge in [0.2, 0.25) is 0 Å². The highest BCUT2D eigenvalue weighted by molar-refractivity contribution is 7.09. The molecule has 2 aromatic rings. The van der Waals surface area contributed by atoms with E-state index in [0.717, 1.165) is 34.4 Å². The normalized spacial score (nSPS) is 10.8. The van der Waals surface area contributed by atoms with Crippen molar-refractivity contribution in [1.82, 2.24) is 10.3 Å². The van der Waals surface area contributed by atoms with Gasteiger partial charge in [-0.2, -0.15) is 0 Å². The molecule has 1 N–H and O–H groups in total. The third-order valence-corrected chi connectivity index (χ3v) is 3.79. The molecule has 90 valence electrons. The van der Waals surface area contributed by atoms with Crippen LogP contribution in [0.25, 0.3) is 0 Å². The predicted octanol–water partition coefficient (Wildman–Crippen LogP) is 3.70. The van der Waals surface area contributed by atoms with Crippen molar-refractivity contribution >= 4 is 22.9 Å². The number of hydrogen-bond donors (Lipinski definition) is 1. The van der Waals surface area contributed by atoms with Gasteiger partial charge in [0.1, 0.15) is 5.01 Å². The molecule has 0 aliphatic carbocycles. The zero-order valence-corrected chi connectivity index (χ0v) is 11.5. The fraction of sp³-hybridized carbons (Fsp3) is 0.308. The maximum Gasteiger partial charge on any atom is 0.107 e. The lowest BCUT2D eigenvalue weighted by Gasteiger charge is -2.06. The third-order valence-electron chi connectivity index (χ3n) is 2.47. The second-order valence-electron chi connectivity index (χ2n) is 4.08. The van der Waals surface area contributed by atoms with E-state index in [1.165, 1.54) is 5.56 Å². The Hall–Kier alpha value is -0.900. The summed E-state index contributed by atoms with van der Waals surface area (Å²) in [6.07, 6.45) is 0. The molecule has 0 aliphatic rings. The second kappa shape index (κ2) is 5.63. The van der Waals surface area contributed by atoms with E-state index in [0.29, 0.717) is 0 Å². The summed E-state index contributed by atoms with van der Waals surface area (Å²) in [5.74, 6) is 0. The minimum atomic E-state index is 0.776. The molecule has 1 heterocycles. The lowest BCUT2D eigenvalue weighted by molar-refractivity contribution is 0.689. The zero-order chi connectivity index (χ0) is 12.3. The number of aryl methyl sites for hydroxylation is 2. The Labute approximate surface area is 111 Å². The van der Waals surface area contributed by atoms with Crippen LogP contribution in [-0.2, 0) is 13.1 Å². The Morgan fingerprint density at radius 2 is 2.12 bits per heavy atom. The van der Waals surface area contributed by atoms with Crippen molar-refractivity contribution in [3.05, 3.63) is 50.4 Å². The number of benzene rings is 1. The van der Waals surface area contributed by atoms with Crippen molar-refractivity contribution < 1.29 is 0 Å². The Morgan fingerprint density at radius 1 is 1.29 bits per heavy atom. The minimum absolute atomic E-state index is 0.776. The Morgan fingerprint density at radius 3 is 2.76 bits per heavy atom. The monoisotopic (exact) mass is 266 g/mol. The standard InChI is InChI=1S/C13H15ClN2S/c1-9-3-4-11(12(14)5-9)6-15-7-13-16-10(2)8-17-13/h3-5,8,15H,6-7H2,1-2H3. The number of nitrogens with zero attached hydrogens (tertiary/aromatic N) is 1. The molecule has 4 heteroatoms. The summed E-state index contributed by atoms with van der Waals surface area (Å²) in [5.41, 5.74) is 3.40. The average Bonchev–Trinajstić information content (AvgIpc) is 2.68. The molecule has 17 heavy (non-hydrogen) atoms. The third kappa shape index (κ3) is 3.53. The fourth-order valence-electron chi connectivity index (χ4n) is 1.58. The largest absolute Gasteiger partial charge is 0.306 e. The molecule has 0 radical (unpaired) electrons. The van der Waals surface area contributed by atoms with Gasteiger partial charge in [-0.1, -0.05) is 23.7 Å². The van der Waals surface area contributed by atoms with Gasteiger partial charge in [0.25, 0.3) is 0 Å². The summed E-state index contributed by atoms with van der Waals surface area (Å²) in [7, 11) is 0. The SMILES string of the molecule is Cc1ccc(CNCc2nc(C)cs2)c(Cl)c1. The summed E-state index contributed by atoms with van der Waals surface area (Å²) in [5, 5.41) is 7.36. The number of aromatic nitrogens is 1. The molecule has 0 spiro atoms. The predicted molar refractivity (Wildman–Crippen MR) is 73.6 cm³/mol. The van der Waals surface area contributed by atoms with E-state index < -0.39 is 0 Å². The first-order valence-electron chi connectivity index (χ1n) is 5.52. The summed E-state index contributed by atoms with van der Waals surface area (Å²) in [4.78, 5) is 4.40. The molecule has 2 rings (SSSR count). The lowest BCUT2D eigenvalue weighted by Crippen LogP contribution is -2.12. The molecule has 0 fully saturated rings. The van der Waals surface area contributed by atoms with Crippen LogP contribution in [0, 0.1) is 13.8 Å². The van der Waals surface area contributed by atoms with E-state index in [9.17, 15) is 0 Å². The topological polar surface area (TPSA) is 24.9 Å². The molecular weight excluding hydrogens is 252 g/mol. The Kier molecular flexibility index (Phi) is 4.15. The highest BCUT2D eigenvalue weighted by atomic mass is 35.5. The van der Waals surface area contributed by atoms with Crippen LogP contribution >= 0.6 is 22.9 Å². The van der Waals surface area contributed by atoms with Crippen LogP contribution < -0.4 is 5.32 Å². The maximum absolute atomic E-state index is 6.16. The number of thiazole rings is 1. The van der Waals surface area contributed by atoms with E-state index in [1.807, 2.05) is 19.9 Å². The summed E-state index contributed by atoms with van der Waals surface area (Å²) in [6, 6.07) is 6.14. The second-order valence-corrected chi connectivity index (χ2v) is 5.43. The molecule has 0 bridgehead atoms. The highest BCUT2D eigenvalue weighted by Crippen LogP contribution is 2.17. The van der Waals surface area contributed by atoms with Gasteiger partial charge in [-0.15, -0.1) is 11.3 Å². The molecular formula is C13H15ClN2S. The highest BCUT2D eigenvalue weighted by Gasteiger charge is 2.01. The van der Waals surface area contributed by atoms with E-state index in [2.05, 4.69) is 27.8 Å². The number of rotatable bonds is 4. The van der Waals surface area contributed by atoms with Crippen molar-refractivity contribution in [2.24, 2.45) is 0 Å². The molecule has 2 nitrogen and oxygen atoms in total. The van der Waals surface area contributed by atoms with Crippen LogP contribution in [0.3, 0.4) is 0 Å². The van der Waals surface area contributed by atoms with Gasteiger partial charge in [-0.05, 0) is 31.0 Å². The Bertz CT molecular complexity index is 508. The fourth-order valence-corrected chi connectivity index (χ4v) is 2.63. The molecule has 1 aromatic heterocycles. The Balaban J connectivity index is 1.90. The molecule has 0 saturated carbocycles. The lowest BCUT2D eigenvalue weighted by atomic mass is 10.1. The van der Waals surface area contributed by atoms with Crippen LogP contribution in [0.15, 0.2) is 23.6 Å². The van der Waals surface area contributed by atoms with E-state index in [-0.39, 0.29) is 0 Å². The number of nitrogens with one attached hydrogen (secondary N) is 1. The number of hydrogen-bond acceptors (Lipinski definition) is 3. The van der Waals surface area contributed by atoms with Crippen molar-refractivity contribution in [3.8, 4) is 0 Å². The molecule has 0 aliphatic heterocycles. The van der Waals surface area contributed by atoms with Gasteiger partial charge in [-0.3, -0.25) is 0 Å². The van der Waals surface area contributed by atoms with Gasteiger partial charge in [0.05, 0.1) is 0 Å². The van der Waals surface area contributed by atoms with Crippen LogP contribution in [0.5, 0.6) is 0 Å². The van der Waals surface area contributed by atoms with Crippen molar-refractivity contribution in [1.29, 1.82) is 0 Å². The van der Waals surface area contributed by atoms with Crippen LogP contribution in [-0.4, -0.2) is 4.98 Å². The van der Waals surface area contributed by atoms with E-state index in [1.54, 1.807) is 11.3 Å². The first kappa shape index (κ1) is 12.6. The smallest absolute Gasteiger partial charge is 0.107 e. The van der Waals surface area contributed by atoms with Crippen LogP contribution in [0.2, 0.25) is 5.02 Å². The van der Waals surface area contributed by atoms with E-state index in [4.69, 9.17) is 11.6 Å². The van der Waals surface area contributed by atoms with Crippen LogP contribution in [0.1, 0.15) is 21.8 Å².